The van der Waals surface area contributed by atoms with Crippen molar-refractivity contribution in [1.82, 2.24) is 4.90 Å². The Bertz CT molecular complexity index is 572. The van der Waals surface area contributed by atoms with Crippen LogP contribution in [0, 0.1) is 5.41 Å². The Morgan fingerprint density at radius 2 is 1.90 bits per heavy atom. The zero-order chi connectivity index (χ0) is 15.5. The molecule has 0 amide bonds. The number of piperidine rings is 1. The number of nitrogens with zero attached hydrogens (tertiary/aromatic N) is 1. The van der Waals surface area contributed by atoms with E-state index in [-0.39, 0.29) is 5.75 Å². The monoisotopic (exact) mass is 310 g/mol. The Morgan fingerprint density at radius 3 is 2.52 bits per heavy atom. The highest BCUT2D eigenvalue weighted by Gasteiger charge is 2.26. The molecule has 1 aromatic rings. The zero-order valence-electron chi connectivity index (χ0n) is 13.0. The molecule has 0 bridgehead atoms. The normalized spacial score (nSPS) is 19.6. The first-order valence-corrected chi connectivity index (χ1v) is 9.22. The second-order valence-corrected chi connectivity index (χ2v) is 8.79. The lowest BCUT2D eigenvalue weighted by molar-refractivity contribution is 0.139. The van der Waals surface area contributed by atoms with Crippen molar-refractivity contribution in [2.45, 2.75) is 38.1 Å². The first-order valence-electron chi connectivity index (χ1n) is 7.57. The third-order valence-corrected chi connectivity index (χ3v) is 6.07. The van der Waals surface area contributed by atoms with Crippen molar-refractivity contribution in [3.8, 4) is 0 Å². The predicted molar refractivity (Wildman–Crippen MR) is 85.8 cm³/mol. The molecule has 1 fully saturated rings. The lowest BCUT2D eigenvalue weighted by Crippen LogP contribution is -2.39. The number of benzene rings is 1. The van der Waals surface area contributed by atoms with Gasteiger partial charge in [0.25, 0.3) is 0 Å². The quantitative estimate of drug-likeness (QED) is 0.904. The summed E-state index contributed by atoms with van der Waals surface area (Å²) in [6, 6.07) is 6.96. The Hall–Kier alpha value is -0.910. The molecule has 118 valence electrons. The van der Waals surface area contributed by atoms with Crippen molar-refractivity contribution in [2.24, 2.45) is 11.1 Å². The van der Waals surface area contributed by atoms with Gasteiger partial charge in [-0.25, -0.2) is 8.42 Å². The summed E-state index contributed by atoms with van der Waals surface area (Å²) in [5.74, 6) is 0.182. The van der Waals surface area contributed by atoms with Crippen LogP contribution in [-0.2, 0) is 16.4 Å². The van der Waals surface area contributed by atoms with Crippen LogP contribution in [0.25, 0.3) is 0 Å². The smallest absolute Gasteiger partial charge is 0.179 e. The van der Waals surface area contributed by atoms with Gasteiger partial charge in [0, 0.05) is 13.1 Å². The number of nitrogens with two attached hydrogens (primary N) is 1. The third kappa shape index (κ3) is 4.53. The van der Waals surface area contributed by atoms with Gasteiger partial charge < -0.3 is 10.6 Å². The Kier molecular flexibility index (Phi) is 5.07. The highest BCUT2D eigenvalue weighted by Crippen LogP contribution is 2.29. The molecule has 21 heavy (non-hydrogen) atoms. The standard InChI is InChI=1S/C16H26N2O2S/c1-16(2)6-8-18(9-7-16)10-11-21(19,20)15-5-3-4-14(12-15)13-17/h3-5,12H,6-11,13,17H2,1-2H3. The summed E-state index contributed by atoms with van der Waals surface area (Å²) in [5, 5.41) is 0. The molecule has 0 aliphatic carbocycles. The second kappa shape index (κ2) is 6.46. The van der Waals surface area contributed by atoms with Gasteiger partial charge in [0.05, 0.1) is 10.6 Å². The number of rotatable bonds is 5. The summed E-state index contributed by atoms with van der Waals surface area (Å²) >= 11 is 0. The number of hydrogen-bond acceptors (Lipinski definition) is 4. The molecule has 0 aromatic heterocycles. The van der Waals surface area contributed by atoms with E-state index in [9.17, 15) is 8.42 Å². The molecule has 5 heteroatoms. The minimum absolute atomic E-state index is 0.182. The molecular formula is C16H26N2O2S. The van der Waals surface area contributed by atoms with Crippen LogP contribution in [0.5, 0.6) is 0 Å². The van der Waals surface area contributed by atoms with Gasteiger partial charge >= 0.3 is 0 Å². The molecule has 1 heterocycles. The van der Waals surface area contributed by atoms with Crippen molar-refractivity contribution < 1.29 is 8.42 Å². The summed E-state index contributed by atoms with van der Waals surface area (Å²) in [4.78, 5) is 2.65. The van der Waals surface area contributed by atoms with Gasteiger partial charge in [0.2, 0.25) is 0 Å². The van der Waals surface area contributed by atoms with Crippen molar-refractivity contribution in [1.29, 1.82) is 0 Å². The Balaban J connectivity index is 1.95. The van der Waals surface area contributed by atoms with E-state index in [4.69, 9.17) is 5.73 Å². The number of hydrogen-bond donors (Lipinski definition) is 1. The van der Waals surface area contributed by atoms with E-state index < -0.39 is 9.84 Å². The highest BCUT2D eigenvalue weighted by atomic mass is 32.2. The van der Waals surface area contributed by atoms with Gasteiger partial charge in [0.1, 0.15) is 0 Å². The van der Waals surface area contributed by atoms with Gasteiger partial charge in [-0.2, -0.15) is 0 Å². The molecule has 1 aromatic carbocycles. The van der Waals surface area contributed by atoms with Crippen LogP contribution in [0.1, 0.15) is 32.3 Å². The molecule has 2 N–H and O–H groups in total. The highest BCUT2D eigenvalue weighted by molar-refractivity contribution is 7.91. The van der Waals surface area contributed by atoms with Crippen LogP contribution in [-0.4, -0.2) is 38.7 Å². The maximum atomic E-state index is 12.4. The summed E-state index contributed by atoms with van der Waals surface area (Å²) in [7, 11) is -3.22. The van der Waals surface area contributed by atoms with Gasteiger partial charge in [-0.3, -0.25) is 0 Å². The first kappa shape index (κ1) is 16.5. The van der Waals surface area contributed by atoms with Gasteiger partial charge in [-0.15, -0.1) is 0 Å². The fraction of sp³-hybridized carbons (Fsp3) is 0.625. The molecule has 0 saturated carbocycles. The van der Waals surface area contributed by atoms with E-state index in [1.54, 1.807) is 18.2 Å². The van der Waals surface area contributed by atoms with Crippen molar-refractivity contribution >= 4 is 9.84 Å². The topological polar surface area (TPSA) is 63.4 Å². The minimum atomic E-state index is -3.22. The fourth-order valence-electron chi connectivity index (χ4n) is 2.62. The molecule has 0 spiro atoms. The maximum Gasteiger partial charge on any atom is 0.179 e. The molecule has 0 radical (unpaired) electrons. The van der Waals surface area contributed by atoms with Crippen molar-refractivity contribution in [3.63, 3.8) is 0 Å². The van der Waals surface area contributed by atoms with Crippen LogP contribution < -0.4 is 5.73 Å². The lowest BCUT2D eigenvalue weighted by atomic mass is 9.83. The fourth-order valence-corrected chi connectivity index (χ4v) is 3.97. The maximum absolute atomic E-state index is 12.4. The van der Waals surface area contributed by atoms with Crippen LogP contribution >= 0.6 is 0 Å². The number of likely N-dealkylation sites (tertiary alicyclic amines) is 1. The van der Waals surface area contributed by atoms with E-state index >= 15 is 0 Å². The van der Waals surface area contributed by atoms with Crippen LogP contribution in [0.4, 0.5) is 0 Å². The average molecular weight is 310 g/mol. The average Bonchev–Trinajstić information content (AvgIpc) is 2.46. The van der Waals surface area contributed by atoms with Crippen LogP contribution in [0.15, 0.2) is 29.2 Å². The Labute approximate surface area is 128 Å². The first-order chi connectivity index (χ1) is 9.82. The van der Waals surface area contributed by atoms with Crippen molar-refractivity contribution in [2.75, 3.05) is 25.4 Å². The van der Waals surface area contributed by atoms with E-state index in [0.29, 0.717) is 23.4 Å². The van der Waals surface area contributed by atoms with Gasteiger partial charge in [-0.1, -0.05) is 26.0 Å². The molecule has 0 unspecified atom stereocenters. The molecule has 1 saturated heterocycles. The number of sulfone groups is 1. The molecule has 4 nitrogen and oxygen atoms in total. The third-order valence-electron chi connectivity index (χ3n) is 4.38. The minimum Gasteiger partial charge on any atom is -0.326 e. The molecular weight excluding hydrogens is 284 g/mol. The summed E-state index contributed by atoms with van der Waals surface area (Å²) < 4.78 is 24.8. The molecule has 0 atom stereocenters. The van der Waals surface area contributed by atoms with Crippen LogP contribution in [0.3, 0.4) is 0 Å². The zero-order valence-corrected chi connectivity index (χ0v) is 13.8. The summed E-state index contributed by atoms with van der Waals surface area (Å²) in [6.07, 6.45) is 2.27. The van der Waals surface area contributed by atoms with E-state index in [2.05, 4.69) is 18.7 Å². The SMILES string of the molecule is CC1(C)CCN(CCS(=O)(=O)c2cccc(CN)c2)CC1. The largest absolute Gasteiger partial charge is 0.326 e. The van der Waals surface area contributed by atoms with Crippen LogP contribution in [0.2, 0.25) is 0 Å². The predicted octanol–water partition coefficient (Wildman–Crippen LogP) is 2.04. The van der Waals surface area contributed by atoms with Gasteiger partial charge in [-0.05, 0) is 49.0 Å². The van der Waals surface area contributed by atoms with Gasteiger partial charge in [0.15, 0.2) is 9.84 Å². The Morgan fingerprint density at radius 1 is 1.24 bits per heavy atom. The lowest BCUT2D eigenvalue weighted by Gasteiger charge is -2.36. The summed E-state index contributed by atoms with van der Waals surface area (Å²) in [6.45, 7) is 7.52. The van der Waals surface area contributed by atoms with E-state index in [1.807, 2.05) is 6.07 Å². The van der Waals surface area contributed by atoms with E-state index in [0.717, 1.165) is 31.5 Å². The second-order valence-electron chi connectivity index (χ2n) is 6.68. The molecule has 2 rings (SSSR count). The van der Waals surface area contributed by atoms with Crippen molar-refractivity contribution in [3.05, 3.63) is 29.8 Å². The molecule has 1 aliphatic rings. The van der Waals surface area contributed by atoms with E-state index in [1.165, 1.54) is 0 Å². The molecule has 1 aliphatic heterocycles. The summed E-state index contributed by atoms with van der Waals surface area (Å²) in [5.41, 5.74) is 6.83.